The van der Waals surface area contributed by atoms with E-state index in [1.807, 2.05) is 32.1 Å². The van der Waals surface area contributed by atoms with Gasteiger partial charge < -0.3 is 0 Å². The van der Waals surface area contributed by atoms with Crippen LogP contribution >= 0.6 is 0 Å². The van der Waals surface area contributed by atoms with Crippen LogP contribution in [0.2, 0.25) is 13.1 Å². The van der Waals surface area contributed by atoms with Crippen molar-refractivity contribution in [2.75, 3.05) is 0 Å². The molecule has 2 aliphatic carbocycles. The smallest absolute Gasteiger partial charge is 0.0937 e. The normalized spacial score (nSPS) is 18.8. The van der Waals surface area contributed by atoms with Crippen molar-refractivity contribution in [2.45, 2.75) is 13.1 Å². The van der Waals surface area contributed by atoms with Crippen molar-refractivity contribution in [1.29, 1.82) is 0 Å². The predicted molar refractivity (Wildman–Crippen MR) is 94.6 cm³/mol. The molecule has 0 amide bonds. The Morgan fingerprint density at radius 3 is 1.73 bits per heavy atom. The van der Waals surface area contributed by atoms with Gasteiger partial charge in [0.2, 0.25) is 0 Å². The fraction of sp³-hybridized carbons (Fsp3) is 0.100. The van der Waals surface area contributed by atoms with Gasteiger partial charge in [-0.15, -0.1) is 0 Å². The van der Waals surface area contributed by atoms with Gasteiger partial charge in [-0.05, 0) is 57.8 Å². The number of rotatable bonds is 3. The van der Waals surface area contributed by atoms with Gasteiger partial charge in [0.25, 0.3) is 0 Å². The summed E-state index contributed by atoms with van der Waals surface area (Å²) in [6, 6.07) is 10.8. The Kier molecular flexibility index (Phi) is 9.39. The molecule has 2 aliphatic rings. The number of hydrogen-bond donors (Lipinski definition) is 0. The molecule has 2 fully saturated rings. The van der Waals surface area contributed by atoms with Gasteiger partial charge in [-0.1, -0.05) is 60.4 Å². The van der Waals surface area contributed by atoms with Crippen LogP contribution in [0.1, 0.15) is 0 Å². The molecule has 0 N–H and O–H groups in total. The maximum atomic E-state index is 2.40. The molecular weight excluding hydrogens is 324 g/mol. The van der Waals surface area contributed by atoms with Crippen LogP contribution in [0.4, 0.5) is 0 Å². The van der Waals surface area contributed by atoms with E-state index in [1.54, 1.807) is 0 Å². The Morgan fingerprint density at radius 2 is 1.23 bits per heavy atom. The predicted octanol–water partition coefficient (Wildman–Crippen LogP) is 4.12. The van der Waals surface area contributed by atoms with Crippen LogP contribution in [-0.2, 0) is 17.1 Å². The van der Waals surface area contributed by atoms with Crippen molar-refractivity contribution in [3.63, 3.8) is 0 Å². The summed E-state index contributed by atoms with van der Waals surface area (Å²) in [5.41, 5.74) is 2.40. The molecule has 112 valence electrons. The van der Waals surface area contributed by atoms with Gasteiger partial charge >= 0.3 is 17.1 Å². The maximum absolute atomic E-state index is 2.40. The second-order valence-corrected chi connectivity index (χ2v) is 9.96. The van der Waals surface area contributed by atoms with Crippen LogP contribution in [-0.4, -0.2) is 8.07 Å². The summed E-state index contributed by atoms with van der Waals surface area (Å²) in [5.74, 6) is 1.30. The van der Waals surface area contributed by atoms with Gasteiger partial charge in [0.1, 0.15) is 8.07 Å². The third-order valence-corrected chi connectivity index (χ3v) is 6.28. The first-order valence-corrected chi connectivity index (χ1v) is 10.4. The zero-order valence-electron chi connectivity index (χ0n) is 13.1. The van der Waals surface area contributed by atoms with Crippen LogP contribution < -0.4 is 5.19 Å². The molecule has 22 heavy (non-hydrogen) atoms. The van der Waals surface area contributed by atoms with E-state index in [1.165, 1.54) is 11.1 Å². The molecule has 0 bridgehead atoms. The SMILES string of the molecule is C[Si](C)(/C=C/[C]1[CH][CH][CH][CH]1)c1ccccc1.[CH]1[CH][CH][CH][CH]1.[Fe+2]. The minimum atomic E-state index is -1.42. The summed E-state index contributed by atoms with van der Waals surface area (Å²) in [7, 11) is -1.42. The zero-order valence-corrected chi connectivity index (χ0v) is 15.2. The molecule has 0 aromatic heterocycles. The summed E-state index contributed by atoms with van der Waals surface area (Å²) >= 11 is 0. The summed E-state index contributed by atoms with van der Waals surface area (Å²) in [6.07, 6.45) is 20.7. The van der Waals surface area contributed by atoms with Gasteiger partial charge in [0.05, 0.1) is 0 Å². The third-order valence-electron chi connectivity index (χ3n) is 3.45. The third kappa shape index (κ3) is 6.85. The van der Waals surface area contributed by atoms with E-state index < -0.39 is 8.07 Å². The number of allylic oxidation sites excluding steroid dienone is 1. The first-order chi connectivity index (χ1) is 10.2. The van der Waals surface area contributed by atoms with Gasteiger partial charge in [-0.25, -0.2) is 0 Å². The van der Waals surface area contributed by atoms with E-state index in [-0.39, 0.29) is 17.1 Å². The van der Waals surface area contributed by atoms with Crippen molar-refractivity contribution in [3.05, 3.63) is 106 Å². The van der Waals surface area contributed by atoms with Crippen molar-refractivity contribution >= 4 is 13.3 Å². The van der Waals surface area contributed by atoms with E-state index in [2.05, 4.69) is 80.9 Å². The second-order valence-electron chi connectivity index (χ2n) is 5.60. The fourth-order valence-electron chi connectivity index (χ4n) is 2.09. The molecule has 0 atom stereocenters. The first-order valence-electron chi connectivity index (χ1n) is 7.32. The second kappa shape index (κ2) is 10.5. The number of hydrogen-bond acceptors (Lipinski definition) is 0. The van der Waals surface area contributed by atoms with Crippen molar-refractivity contribution in [2.24, 2.45) is 0 Å². The van der Waals surface area contributed by atoms with Crippen LogP contribution in [0.3, 0.4) is 0 Å². The maximum Gasteiger partial charge on any atom is 2.00 e. The molecule has 2 saturated carbocycles. The molecule has 0 aliphatic heterocycles. The van der Waals surface area contributed by atoms with Gasteiger partial charge in [0.15, 0.2) is 0 Å². The Hall–Kier alpha value is -0.304. The summed E-state index contributed by atoms with van der Waals surface area (Å²) < 4.78 is 0. The molecule has 10 radical (unpaired) electrons. The minimum Gasteiger partial charge on any atom is -0.0937 e. The van der Waals surface area contributed by atoms with Crippen LogP contribution in [0, 0.1) is 63.7 Å². The largest absolute Gasteiger partial charge is 2.00 e. The molecule has 0 nitrogen and oxygen atoms in total. The van der Waals surface area contributed by atoms with E-state index in [0.29, 0.717) is 0 Å². The fourth-order valence-corrected chi connectivity index (χ4v) is 3.94. The first kappa shape index (κ1) is 19.7. The minimum absolute atomic E-state index is 0. The molecule has 3 rings (SSSR count). The van der Waals surface area contributed by atoms with Gasteiger partial charge in [-0.2, -0.15) is 0 Å². The molecular formula is C20H22FeSi+2. The van der Waals surface area contributed by atoms with E-state index >= 15 is 0 Å². The monoisotopic (exact) mass is 346 g/mol. The average molecular weight is 346 g/mol. The standard InChI is InChI=1S/C15H17Si.C5H5.Fe/c1-16(2,15-10-4-3-5-11-15)13-12-14-8-6-7-9-14;1-2-4-5-3-1;/h3-13H,1-2H3;1-5H;/q;;+2/b13-12+;;. The molecule has 1 aromatic rings. The van der Waals surface area contributed by atoms with Gasteiger partial charge in [-0.3, -0.25) is 0 Å². The quantitative estimate of drug-likeness (QED) is 0.722. The van der Waals surface area contributed by atoms with E-state index in [9.17, 15) is 0 Å². The van der Waals surface area contributed by atoms with Crippen molar-refractivity contribution < 1.29 is 17.1 Å². The Morgan fingerprint density at radius 1 is 0.727 bits per heavy atom. The molecule has 2 heteroatoms. The van der Waals surface area contributed by atoms with Crippen LogP contribution in [0.25, 0.3) is 0 Å². The summed E-state index contributed by atoms with van der Waals surface area (Å²) in [4.78, 5) is 0. The Labute approximate surface area is 149 Å². The Balaban J connectivity index is 0.000000344. The summed E-state index contributed by atoms with van der Waals surface area (Å²) in [5, 5.41) is 1.48. The topological polar surface area (TPSA) is 0 Å². The molecule has 0 spiro atoms. The molecule has 0 saturated heterocycles. The van der Waals surface area contributed by atoms with E-state index in [4.69, 9.17) is 0 Å². The average Bonchev–Trinajstić information content (AvgIpc) is 3.22. The molecule has 1 aromatic carbocycles. The van der Waals surface area contributed by atoms with Crippen molar-refractivity contribution in [1.82, 2.24) is 0 Å². The zero-order chi connectivity index (χ0) is 15.0. The number of benzene rings is 1. The Bertz CT molecular complexity index is 407. The van der Waals surface area contributed by atoms with Crippen molar-refractivity contribution in [3.8, 4) is 0 Å². The van der Waals surface area contributed by atoms with Crippen LogP contribution in [0.15, 0.2) is 42.1 Å². The van der Waals surface area contributed by atoms with Gasteiger partial charge in [0, 0.05) is 5.92 Å². The van der Waals surface area contributed by atoms with Crippen LogP contribution in [0.5, 0.6) is 0 Å². The summed E-state index contributed by atoms with van der Waals surface area (Å²) in [6.45, 7) is 4.75. The molecule has 0 unspecified atom stereocenters. The van der Waals surface area contributed by atoms with E-state index in [0.717, 1.165) is 0 Å². The molecule has 0 heterocycles.